The molecule has 0 saturated carbocycles. The van der Waals surface area contributed by atoms with Crippen molar-refractivity contribution in [2.24, 2.45) is 0 Å². The van der Waals surface area contributed by atoms with E-state index < -0.39 is 92.1 Å². The van der Waals surface area contributed by atoms with Gasteiger partial charge >= 0.3 is 0 Å². The molecule has 42 heavy (non-hydrogen) atoms. The van der Waals surface area contributed by atoms with Crippen LogP contribution in [0.4, 0.5) is 0 Å². The number of hydrogen-bond acceptors (Lipinski definition) is 15. The lowest BCUT2D eigenvalue weighted by molar-refractivity contribution is -0.391. The molecule has 0 aromatic carbocycles. The lowest BCUT2D eigenvalue weighted by atomic mass is 9.95. The third kappa shape index (κ3) is 7.61. The van der Waals surface area contributed by atoms with E-state index in [1.807, 2.05) is 6.92 Å². The predicted octanol–water partition coefficient (Wildman–Crippen LogP) is -0.658. The summed E-state index contributed by atoms with van der Waals surface area (Å²) in [4.78, 5) is 0. The highest BCUT2D eigenvalue weighted by Gasteiger charge is 2.55. The van der Waals surface area contributed by atoms with Crippen molar-refractivity contribution in [3.8, 4) is 0 Å². The van der Waals surface area contributed by atoms with Crippen molar-refractivity contribution < 1.29 is 71.4 Å². The molecule has 0 aromatic heterocycles. The molecule has 15 atom stereocenters. The average Bonchev–Trinajstić information content (AvgIpc) is 2.98. The highest BCUT2D eigenvalue weighted by Crippen LogP contribution is 2.36. The third-order valence-corrected chi connectivity index (χ3v) is 8.08. The fraction of sp³-hybridized carbons (Fsp3) is 1.00. The van der Waals surface area contributed by atoms with Crippen molar-refractivity contribution in [3.05, 3.63) is 0 Å². The molecule has 3 aliphatic heterocycles. The fourth-order valence-electron chi connectivity index (χ4n) is 6.09. The van der Waals surface area contributed by atoms with Crippen LogP contribution in [0.1, 0.15) is 6.92 Å². The van der Waals surface area contributed by atoms with Crippen LogP contribution in [0.3, 0.4) is 0 Å². The maximum Gasteiger partial charge on any atom is 0.187 e. The van der Waals surface area contributed by atoms with E-state index in [4.69, 9.17) is 66.3 Å². The van der Waals surface area contributed by atoms with Gasteiger partial charge in [-0.05, 0) is 6.92 Å². The zero-order chi connectivity index (χ0) is 31.0. The average molecular weight is 615 g/mol. The van der Waals surface area contributed by atoms with Gasteiger partial charge in [-0.3, -0.25) is 0 Å². The Morgan fingerprint density at radius 1 is 0.452 bits per heavy atom. The van der Waals surface area contributed by atoms with Crippen LogP contribution in [0, 0.1) is 0 Å². The van der Waals surface area contributed by atoms with Crippen molar-refractivity contribution in [2.75, 3.05) is 77.2 Å². The van der Waals surface area contributed by atoms with Gasteiger partial charge < -0.3 is 71.4 Å². The molecule has 3 aliphatic rings. The first kappa shape index (κ1) is 35.9. The lowest BCUT2D eigenvalue weighted by Crippen LogP contribution is -2.67. The maximum absolute atomic E-state index is 10.6. The normalized spacial score (nSPS) is 44.8. The van der Waals surface area contributed by atoms with Gasteiger partial charge in [0.15, 0.2) is 18.9 Å². The Hall–Kier alpha value is -0.600. The predicted molar refractivity (Wildman–Crippen MR) is 143 cm³/mol. The summed E-state index contributed by atoms with van der Waals surface area (Å²) in [6.45, 7) is 2.14. The summed E-state index contributed by atoms with van der Waals surface area (Å²) in [5.74, 6) is 0. The SMILES string of the molecule is COC[C@H]1O[C@H](O[C@H]2[C@H](OC)[C@@H](OC)[C@@H](O)O[C@@H]2COC)[C@H](O[C@@H]2O[C@@H](C)[C@@H](OC)[C@@H](OC)[C@@H]2OC)[C@@H](OC)[C@H]1OC. The van der Waals surface area contributed by atoms with Gasteiger partial charge in [-0.25, -0.2) is 0 Å². The second-order valence-corrected chi connectivity index (χ2v) is 10.3. The number of aliphatic hydroxyl groups excluding tert-OH is 1. The molecule has 0 radical (unpaired) electrons. The highest BCUT2D eigenvalue weighted by molar-refractivity contribution is 4.98. The van der Waals surface area contributed by atoms with Crippen LogP contribution in [0.15, 0.2) is 0 Å². The number of hydrogen-bond donors (Lipinski definition) is 1. The molecule has 15 heteroatoms. The molecule has 3 fully saturated rings. The third-order valence-electron chi connectivity index (χ3n) is 8.08. The van der Waals surface area contributed by atoms with E-state index in [1.54, 1.807) is 42.7 Å². The minimum absolute atomic E-state index is 0.0924. The van der Waals surface area contributed by atoms with Crippen LogP contribution in [-0.2, 0) is 66.3 Å². The smallest absolute Gasteiger partial charge is 0.187 e. The van der Waals surface area contributed by atoms with Gasteiger partial charge in [0.2, 0.25) is 0 Å². The Kier molecular flexibility index (Phi) is 14.7. The summed E-state index contributed by atoms with van der Waals surface area (Å²) in [5, 5.41) is 10.6. The lowest BCUT2D eigenvalue weighted by Gasteiger charge is -2.50. The van der Waals surface area contributed by atoms with E-state index in [0.29, 0.717) is 0 Å². The van der Waals surface area contributed by atoms with E-state index >= 15 is 0 Å². The Bertz CT molecular complexity index is 763. The van der Waals surface area contributed by atoms with Gasteiger partial charge in [0.25, 0.3) is 0 Å². The Balaban J connectivity index is 2.00. The van der Waals surface area contributed by atoms with E-state index in [-0.39, 0.29) is 13.2 Å². The summed E-state index contributed by atoms with van der Waals surface area (Å²) in [6.07, 6.45) is -11.3. The van der Waals surface area contributed by atoms with E-state index in [1.165, 1.54) is 21.3 Å². The molecular weight excluding hydrogens is 564 g/mol. The number of aliphatic hydroxyl groups is 1. The minimum atomic E-state index is -1.27. The van der Waals surface area contributed by atoms with Crippen LogP contribution in [0.2, 0.25) is 0 Å². The maximum atomic E-state index is 10.6. The molecule has 248 valence electrons. The second kappa shape index (κ2) is 17.2. The highest BCUT2D eigenvalue weighted by atomic mass is 16.8. The van der Waals surface area contributed by atoms with E-state index in [9.17, 15) is 5.11 Å². The molecular formula is C27H50O15. The monoisotopic (exact) mass is 614 g/mol. The summed E-state index contributed by atoms with van der Waals surface area (Å²) in [7, 11) is 13.8. The van der Waals surface area contributed by atoms with Crippen LogP contribution >= 0.6 is 0 Å². The molecule has 3 heterocycles. The van der Waals surface area contributed by atoms with Crippen molar-refractivity contribution in [1.29, 1.82) is 0 Å². The number of ether oxygens (including phenoxy) is 14. The van der Waals surface area contributed by atoms with Gasteiger partial charge in [0.1, 0.15) is 67.1 Å². The van der Waals surface area contributed by atoms with Gasteiger partial charge in [-0.2, -0.15) is 0 Å². The van der Waals surface area contributed by atoms with Gasteiger partial charge in [-0.1, -0.05) is 0 Å². The summed E-state index contributed by atoms with van der Waals surface area (Å²) >= 11 is 0. The summed E-state index contributed by atoms with van der Waals surface area (Å²) in [5.41, 5.74) is 0. The van der Waals surface area contributed by atoms with Gasteiger partial charge in [-0.15, -0.1) is 0 Å². The molecule has 3 saturated heterocycles. The van der Waals surface area contributed by atoms with Crippen LogP contribution in [-0.4, -0.2) is 174 Å². The first-order chi connectivity index (χ1) is 20.3. The van der Waals surface area contributed by atoms with Gasteiger partial charge in [0.05, 0.1) is 19.3 Å². The molecule has 1 N–H and O–H groups in total. The standard InChI is InChI=1S/C27H50O15/c1-13-16(31-4)19(33-6)23(37-10)26(38-13)42-24-20(34-7)17(32-5)14(11-29-2)40-27(24)41-18-15(12-30-3)39-25(28)22(36-9)21(18)35-8/h13-28H,11-12H2,1-10H3/t13-,14+,15+,16+,17-,18+,19+,20-,21-,22+,23-,24+,25-,26-,27+/m0/s1. The van der Waals surface area contributed by atoms with Crippen molar-refractivity contribution >= 4 is 0 Å². The quantitative estimate of drug-likeness (QED) is 0.249. The zero-order valence-corrected chi connectivity index (χ0v) is 26.2. The van der Waals surface area contributed by atoms with Crippen LogP contribution in [0.5, 0.6) is 0 Å². The minimum Gasteiger partial charge on any atom is -0.382 e. The Labute approximate surface area is 248 Å². The molecule has 0 spiro atoms. The Morgan fingerprint density at radius 3 is 1.38 bits per heavy atom. The number of rotatable bonds is 15. The number of methoxy groups -OCH3 is 9. The molecule has 0 aromatic rings. The fourth-order valence-corrected chi connectivity index (χ4v) is 6.09. The van der Waals surface area contributed by atoms with Crippen LogP contribution in [0.25, 0.3) is 0 Å². The van der Waals surface area contributed by atoms with E-state index in [0.717, 1.165) is 0 Å². The molecule has 0 bridgehead atoms. The topological polar surface area (TPSA) is 149 Å². The van der Waals surface area contributed by atoms with Crippen molar-refractivity contribution in [2.45, 2.75) is 99.0 Å². The first-order valence-electron chi connectivity index (χ1n) is 13.9. The summed E-state index contributed by atoms with van der Waals surface area (Å²) < 4.78 is 82.7. The molecule has 3 rings (SSSR count). The molecule has 15 nitrogen and oxygen atoms in total. The van der Waals surface area contributed by atoms with E-state index in [2.05, 4.69) is 0 Å². The zero-order valence-electron chi connectivity index (χ0n) is 26.2. The van der Waals surface area contributed by atoms with Gasteiger partial charge in [0, 0.05) is 64.0 Å². The second-order valence-electron chi connectivity index (χ2n) is 10.3. The molecule has 0 unspecified atom stereocenters. The first-order valence-corrected chi connectivity index (χ1v) is 13.9. The van der Waals surface area contributed by atoms with Crippen molar-refractivity contribution in [3.63, 3.8) is 0 Å². The molecule has 0 aliphatic carbocycles. The molecule has 0 amide bonds. The van der Waals surface area contributed by atoms with Crippen LogP contribution < -0.4 is 0 Å². The summed E-state index contributed by atoms with van der Waals surface area (Å²) in [6, 6.07) is 0. The largest absolute Gasteiger partial charge is 0.382 e. The van der Waals surface area contributed by atoms with Crippen molar-refractivity contribution in [1.82, 2.24) is 0 Å². The Morgan fingerprint density at radius 2 is 0.881 bits per heavy atom.